The minimum Gasteiger partial charge on any atom is -0.294 e. The molecule has 1 aliphatic heterocycles. The lowest BCUT2D eigenvalue weighted by Crippen LogP contribution is -2.31. The number of amides is 1. The normalized spacial score (nSPS) is 15.3. The maximum absolute atomic E-state index is 12.1. The van der Waals surface area contributed by atoms with Gasteiger partial charge in [0.05, 0.1) is 12.1 Å². The molecule has 1 atom stereocenters. The zero-order valence-electron chi connectivity index (χ0n) is 17.0. The second kappa shape index (κ2) is 7.53. The van der Waals surface area contributed by atoms with Gasteiger partial charge in [-0.3, -0.25) is 19.8 Å². The monoisotopic (exact) mass is 408 g/mol. The molecule has 3 heterocycles. The van der Waals surface area contributed by atoms with Crippen molar-refractivity contribution in [2.24, 2.45) is 10.8 Å². The third-order valence-corrected chi connectivity index (χ3v) is 6.61. The number of aryl methyl sites for hydroxylation is 3. The SMILES string of the molecule is CCc1ccc(C2=N[C@@H](CC(=O)NN)c3nnc(C)n3-c3sc(C)c(C)c32)cc1. The molecule has 150 valence electrons. The number of thiophene rings is 1. The van der Waals surface area contributed by atoms with Crippen LogP contribution in [0.5, 0.6) is 0 Å². The molecule has 7 nitrogen and oxygen atoms in total. The first kappa shape index (κ1) is 19.5. The van der Waals surface area contributed by atoms with Crippen LogP contribution in [-0.4, -0.2) is 26.4 Å². The van der Waals surface area contributed by atoms with Crippen LogP contribution in [0.2, 0.25) is 0 Å². The molecule has 0 saturated heterocycles. The fraction of sp³-hybridized carbons (Fsp3) is 0.333. The Morgan fingerprint density at radius 1 is 1.21 bits per heavy atom. The van der Waals surface area contributed by atoms with Crippen molar-refractivity contribution in [3.8, 4) is 5.00 Å². The topological polar surface area (TPSA) is 98.2 Å². The first-order valence-electron chi connectivity index (χ1n) is 9.63. The second-order valence-electron chi connectivity index (χ2n) is 7.22. The summed E-state index contributed by atoms with van der Waals surface area (Å²) in [4.78, 5) is 18.4. The van der Waals surface area contributed by atoms with Crippen LogP contribution < -0.4 is 11.3 Å². The van der Waals surface area contributed by atoms with Crippen molar-refractivity contribution in [2.75, 3.05) is 0 Å². The summed E-state index contributed by atoms with van der Waals surface area (Å²) in [6, 6.07) is 7.99. The van der Waals surface area contributed by atoms with E-state index >= 15 is 0 Å². The summed E-state index contributed by atoms with van der Waals surface area (Å²) in [6.07, 6.45) is 1.09. The lowest BCUT2D eigenvalue weighted by Gasteiger charge is -2.12. The van der Waals surface area contributed by atoms with Crippen LogP contribution in [0.4, 0.5) is 0 Å². The summed E-state index contributed by atoms with van der Waals surface area (Å²) in [7, 11) is 0. The van der Waals surface area contributed by atoms with E-state index in [1.165, 1.54) is 16.0 Å². The predicted molar refractivity (Wildman–Crippen MR) is 115 cm³/mol. The number of benzene rings is 1. The van der Waals surface area contributed by atoms with Crippen LogP contribution in [0.1, 0.15) is 58.2 Å². The minimum absolute atomic E-state index is 0.109. The number of nitrogens with one attached hydrogen (secondary N) is 1. The summed E-state index contributed by atoms with van der Waals surface area (Å²) >= 11 is 1.70. The molecule has 1 amide bonds. The number of hydrazine groups is 1. The van der Waals surface area contributed by atoms with E-state index in [0.29, 0.717) is 5.82 Å². The summed E-state index contributed by atoms with van der Waals surface area (Å²) in [6.45, 7) is 8.29. The molecule has 2 aromatic heterocycles. The van der Waals surface area contributed by atoms with Gasteiger partial charge in [-0.05, 0) is 38.3 Å². The van der Waals surface area contributed by atoms with E-state index in [4.69, 9.17) is 10.8 Å². The maximum Gasteiger partial charge on any atom is 0.236 e. The first-order valence-corrected chi connectivity index (χ1v) is 10.4. The van der Waals surface area contributed by atoms with Crippen molar-refractivity contribution in [3.05, 3.63) is 63.0 Å². The van der Waals surface area contributed by atoms with Crippen LogP contribution in [-0.2, 0) is 11.2 Å². The first-order chi connectivity index (χ1) is 13.9. The number of hydrogen-bond donors (Lipinski definition) is 2. The highest BCUT2D eigenvalue weighted by molar-refractivity contribution is 7.15. The number of aliphatic imine (C=N–C) groups is 1. The van der Waals surface area contributed by atoms with Gasteiger partial charge in [0.2, 0.25) is 5.91 Å². The molecule has 3 aromatic rings. The summed E-state index contributed by atoms with van der Waals surface area (Å²) < 4.78 is 2.03. The van der Waals surface area contributed by atoms with Gasteiger partial charge in [0.1, 0.15) is 16.9 Å². The van der Waals surface area contributed by atoms with Crippen LogP contribution in [0, 0.1) is 20.8 Å². The van der Waals surface area contributed by atoms with Gasteiger partial charge < -0.3 is 0 Å². The van der Waals surface area contributed by atoms with Crippen LogP contribution in [0.25, 0.3) is 5.00 Å². The van der Waals surface area contributed by atoms with Crippen molar-refractivity contribution < 1.29 is 4.79 Å². The molecule has 0 unspecified atom stereocenters. The van der Waals surface area contributed by atoms with Gasteiger partial charge in [0.25, 0.3) is 0 Å². The van der Waals surface area contributed by atoms with Gasteiger partial charge in [0, 0.05) is 16.0 Å². The van der Waals surface area contributed by atoms with E-state index in [1.807, 2.05) is 11.5 Å². The Balaban J connectivity index is 1.98. The van der Waals surface area contributed by atoms with Gasteiger partial charge in [-0.1, -0.05) is 31.2 Å². The average molecular weight is 409 g/mol. The fourth-order valence-corrected chi connectivity index (χ4v) is 4.87. The summed E-state index contributed by atoms with van der Waals surface area (Å²) in [5, 5.41) is 9.69. The van der Waals surface area contributed by atoms with Crippen LogP contribution in [0.15, 0.2) is 29.3 Å². The van der Waals surface area contributed by atoms with Gasteiger partial charge in [-0.15, -0.1) is 21.5 Å². The Morgan fingerprint density at radius 3 is 2.59 bits per heavy atom. The highest BCUT2D eigenvalue weighted by atomic mass is 32.1. The van der Waals surface area contributed by atoms with E-state index in [9.17, 15) is 4.79 Å². The highest BCUT2D eigenvalue weighted by Gasteiger charge is 2.32. The Hall–Kier alpha value is -2.84. The Morgan fingerprint density at radius 2 is 1.93 bits per heavy atom. The van der Waals surface area contributed by atoms with Crippen molar-refractivity contribution >= 4 is 23.0 Å². The summed E-state index contributed by atoms with van der Waals surface area (Å²) in [5.74, 6) is 6.50. The average Bonchev–Trinajstić information content (AvgIpc) is 3.20. The molecule has 4 rings (SSSR count). The van der Waals surface area contributed by atoms with Crippen LogP contribution >= 0.6 is 11.3 Å². The number of carbonyl (C=O) groups is 1. The lowest BCUT2D eigenvalue weighted by molar-refractivity contribution is -0.121. The zero-order valence-corrected chi connectivity index (χ0v) is 17.8. The molecular formula is C21H24N6OS. The molecule has 0 fully saturated rings. The number of nitrogens with two attached hydrogens (primary N) is 1. The molecule has 29 heavy (non-hydrogen) atoms. The largest absolute Gasteiger partial charge is 0.294 e. The van der Waals surface area contributed by atoms with Gasteiger partial charge >= 0.3 is 0 Å². The van der Waals surface area contributed by atoms with E-state index in [1.54, 1.807) is 11.3 Å². The summed E-state index contributed by atoms with van der Waals surface area (Å²) in [5.41, 5.74) is 7.66. The standard InChI is InChI=1S/C21H24N6OS/c1-5-14-6-8-15(9-7-14)19-18-11(2)12(3)29-21(18)27-13(4)25-26-20(27)16(23-19)10-17(28)24-22/h6-9,16H,5,10,22H2,1-4H3,(H,24,28)/t16-/m0/s1. The van der Waals surface area contributed by atoms with Gasteiger partial charge in [-0.25, -0.2) is 5.84 Å². The van der Waals surface area contributed by atoms with Crippen molar-refractivity contribution in [1.82, 2.24) is 20.2 Å². The number of rotatable bonds is 4. The number of carbonyl (C=O) groups excluding carboxylic acids is 1. The van der Waals surface area contributed by atoms with E-state index in [-0.39, 0.29) is 12.3 Å². The van der Waals surface area contributed by atoms with E-state index < -0.39 is 6.04 Å². The van der Waals surface area contributed by atoms with Gasteiger partial charge in [0.15, 0.2) is 5.82 Å². The smallest absolute Gasteiger partial charge is 0.236 e. The third kappa shape index (κ3) is 3.28. The quantitative estimate of drug-likeness (QED) is 0.394. The van der Waals surface area contributed by atoms with Crippen molar-refractivity contribution in [2.45, 2.75) is 46.6 Å². The molecule has 3 N–H and O–H groups in total. The van der Waals surface area contributed by atoms with E-state index in [2.05, 4.69) is 60.7 Å². The number of hydrogen-bond acceptors (Lipinski definition) is 6. The zero-order chi connectivity index (χ0) is 20.7. The predicted octanol–water partition coefficient (Wildman–Crippen LogP) is 3.09. The Kier molecular flexibility index (Phi) is 5.06. The molecule has 0 radical (unpaired) electrons. The minimum atomic E-state index is -0.472. The number of fused-ring (bicyclic) bond motifs is 3. The highest BCUT2D eigenvalue weighted by Crippen LogP contribution is 2.39. The number of aromatic nitrogens is 3. The number of nitrogens with zero attached hydrogens (tertiary/aromatic N) is 4. The third-order valence-electron chi connectivity index (χ3n) is 5.41. The molecule has 8 heteroatoms. The maximum atomic E-state index is 12.1. The van der Waals surface area contributed by atoms with Crippen molar-refractivity contribution in [3.63, 3.8) is 0 Å². The molecule has 1 aromatic carbocycles. The molecule has 0 bridgehead atoms. The Bertz CT molecular complexity index is 1110. The lowest BCUT2D eigenvalue weighted by atomic mass is 9.98. The molecule has 0 saturated carbocycles. The van der Waals surface area contributed by atoms with Crippen molar-refractivity contribution in [1.29, 1.82) is 0 Å². The fourth-order valence-electron chi connectivity index (χ4n) is 3.66. The molecule has 0 aliphatic carbocycles. The van der Waals surface area contributed by atoms with E-state index in [0.717, 1.165) is 34.1 Å². The molecular weight excluding hydrogens is 384 g/mol. The molecule has 0 spiro atoms. The van der Waals surface area contributed by atoms with Gasteiger partial charge in [-0.2, -0.15) is 0 Å². The second-order valence-corrected chi connectivity index (χ2v) is 8.42. The molecule has 1 aliphatic rings. The Labute approximate surface area is 173 Å². The van der Waals surface area contributed by atoms with Crippen LogP contribution in [0.3, 0.4) is 0 Å².